The van der Waals surface area contributed by atoms with Crippen molar-refractivity contribution in [3.8, 4) is 0 Å². The van der Waals surface area contributed by atoms with E-state index >= 15 is 0 Å². The monoisotopic (exact) mass is 371 g/mol. The first-order valence-corrected chi connectivity index (χ1v) is 9.16. The molecule has 1 aromatic carbocycles. The van der Waals surface area contributed by atoms with Crippen LogP contribution in [-0.2, 0) is 22.7 Å². The van der Waals surface area contributed by atoms with E-state index in [1.165, 1.54) is 0 Å². The normalized spacial score (nSPS) is 21.4. The number of nitrogens with zero attached hydrogens (tertiary/aromatic N) is 4. The van der Waals surface area contributed by atoms with Gasteiger partial charge in [0.2, 0.25) is 5.91 Å². The van der Waals surface area contributed by atoms with Crippen LogP contribution < -0.4 is 5.32 Å². The Morgan fingerprint density at radius 1 is 1.30 bits per heavy atom. The summed E-state index contributed by atoms with van der Waals surface area (Å²) in [5.41, 5.74) is 1.14. The summed E-state index contributed by atoms with van der Waals surface area (Å²) in [6.07, 6.45) is 2.21. The van der Waals surface area contributed by atoms with Crippen molar-refractivity contribution in [2.75, 3.05) is 6.54 Å². The zero-order valence-corrected chi connectivity index (χ0v) is 15.6. The number of carbonyl (C=O) groups is 2. The fourth-order valence-electron chi connectivity index (χ4n) is 3.57. The first-order valence-electron chi connectivity index (χ1n) is 9.16. The van der Waals surface area contributed by atoms with Gasteiger partial charge in [-0.05, 0) is 31.9 Å². The van der Waals surface area contributed by atoms with Crippen molar-refractivity contribution in [3.63, 3.8) is 0 Å². The number of aromatic nitrogens is 3. The van der Waals surface area contributed by atoms with Crippen molar-refractivity contribution >= 4 is 11.9 Å². The number of carboxylic acid groups (broad SMARTS) is 1. The number of hydrogen-bond acceptors (Lipinski definition) is 5. The number of benzene rings is 1. The lowest BCUT2D eigenvalue weighted by atomic mass is 10.1. The molecule has 3 heterocycles. The second-order valence-corrected chi connectivity index (χ2v) is 6.87. The van der Waals surface area contributed by atoms with Crippen molar-refractivity contribution in [2.24, 2.45) is 0 Å². The Bertz CT molecular complexity index is 795. The minimum Gasteiger partial charge on any atom is -0.481 e. The van der Waals surface area contributed by atoms with Crippen LogP contribution in [0.15, 0.2) is 30.3 Å². The van der Waals surface area contributed by atoms with E-state index in [0.29, 0.717) is 13.1 Å². The molecule has 8 nitrogen and oxygen atoms in total. The topological polar surface area (TPSA) is 100 Å². The fourth-order valence-corrected chi connectivity index (χ4v) is 3.57. The van der Waals surface area contributed by atoms with Gasteiger partial charge in [0.15, 0.2) is 11.6 Å². The van der Waals surface area contributed by atoms with Gasteiger partial charge in [-0.25, -0.2) is 0 Å². The van der Waals surface area contributed by atoms with Gasteiger partial charge in [0.05, 0.1) is 12.6 Å². The van der Waals surface area contributed by atoms with Gasteiger partial charge in [0, 0.05) is 13.5 Å². The van der Waals surface area contributed by atoms with Gasteiger partial charge < -0.3 is 15.3 Å². The lowest BCUT2D eigenvalue weighted by Crippen LogP contribution is -2.42. The Kier molecular flexibility index (Phi) is 5.85. The molecule has 0 aliphatic carbocycles. The molecular weight excluding hydrogens is 346 g/mol. The SMILES string of the molecule is CC(=O)O.C[C@@H]1C(=O)N(Cc2ccccc2)Cc2nnc([C@@H]3CCCN3)n21. The Balaban J connectivity index is 0.000000481. The van der Waals surface area contributed by atoms with Crippen LogP contribution in [0.1, 0.15) is 56.0 Å². The second kappa shape index (κ2) is 8.30. The van der Waals surface area contributed by atoms with Gasteiger partial charge in [0.25, 0.3) is 5.97 Å². The highest BCUT2D eigenvalue weighted by molar-refractivity contribution is 5.81. The molecule has 2 aliphatic heterocycles. The molecule has 8 heteroatoms. The molecule has 1 fully saturated rings. The second-order valence-electron chi connectivity index (χ2n) is 6.87. The number of aliphatic carboxylic acids is 1. The quantitative estimate of drug-likeness (QED) is 0.855. The third-order valence-electron chi connectivity index (χ3n) is 4.77. The molecule has 0 saturated carbocycles. The lowest BCUT2D eigenvalue weighted by Gasteiger charge is -2.32. The molecule has 1 saturated heterocycles. The van der Waals surface area contributed by atoms with Gasteiger partial charge in [-0.2, -0.15) is 0 Å². The molecule has 1 aromatic heterocycles. The van der Waals surface area contributed by atoms with Crippen molar-refractivity contribution < 1.29 is 14.7 Å². The number of carbonyl (C=O) groups excluding carboxylic acids is 1. The summed E-state index contributed by atoms with van der Waals surface area (Å²) in [7, 11) is 0. The molecule has 2 atom stereocenters. The Morgan fingerprint density at radius 3 is 2.63 bits per heavy atom. The number of rotatable bonds is 3. The van der Waals surface area contributed by atoms with Gasteiger partial charge in [-0.3, -0.25) is 14.2 Å². The summed E-state index contributed by atoms with van der Waals surface area (Å²) in [5, 5.41) is 19.6. The van der Waals surface area contributed by atoms with Gasteiger partial charge in [-0.15, -0.1) is 10.2 Å². The van der Waals surface area contributed by atoms with Gasteiger partial charge in [-0.1, -0.05) is 30.3 Å². The number of carboxylic acids is 1. The molecule has 27 heavy (non-hydrogen) atoms. The van der Waals surface area contributed by atoms with E-state index in [4.69, 9.17) is 9.90 Å². The largest absolute Gasteiger partial charge is 0.481 e. The van der Waals surface area contributed by atoms with E-state index < -0.39 is 5.97 Å². The van der Waals surface area contributed by atoms with E-state index in [9.17, 15) is 4.79 Å². The summed E-state index contributed by atoms with van der Waals surface area (Å²) in [5.74, 6) is 1.11. The molecular formula is C19H25N5O3. The highest BCUT2D eigenvalue weighted by Gasteiger charge is 2.35. The summed E-state index contributed by atoms with van der Waals surface area (Å²) in [6, 6.07) is 10.1. The number of fused-ring (bicyclic) bond motifs is 1. The number of nitrogens with one attached hydrogen (secondary N) is 1. The summed E-state index contributed by atoms with van der Waals surface area (Å²) < 4.78 is 2.03. The molecule has 2 N–H and O–H groups in total. The smallest absolute Gasteiger partial charge is 0.300 e. The standard InChI is InChI=1S/C17H21N5O.C2H4O2/c1-12-17(23)21(10-13-6-3-2-4-7-13)11-15-19-20-16(22(12)15)14-8-5-9-18-14;1-2(3)4/h2-4,6-7,12,14,18H,5,8-11H2,1H3;1H3,(H,3,4)/t12-,14+;/m1./s1. The average Bonchev–Trinajstić information content (AvgIpc) is 3.29. The predicted molar refractivity (Wildman–Crippen MR) is 98.7 cm³/mol. The van der Waals surface area contributed by atoms with Crippen LogP contribution in [0.2, 0.25) is 0 Å². The first kappa shape index (κ1) is 19.0. The van der Waals surface area contributed by atoms with Gasteiger partial charge in [0.1, 0.15) is 6.04 Å². The van der Waals surface area contributed by atoms with Crippen LogP contribution in [0.4, 0.5) is 0 Å². The van der Waals surface area contributed by atoms with Crippen molar-refractivity contribution in [3.05, 3.63) is 47.5 Å². The highest BCUT2D eigenvalue weighted by atomic mass is 16.4. The average molecular weight is 371 g/mol. The Labute approximate surface area is 158 Å². The van der Waals surface area contributed by atoms with Crippen LogP contribution in [0, 0.1) is 0 Å². The summed E-state index contributed by atoms with van der Waals surface area (Å²) >= 11 is 0. The van der Waals surface area contributed by atoms with Crippen LogP contribution in [0.5, 0.6) is 0 Å². The van der Waals surface area contributed by atoms with E-state index in [1.54, 1.807) is 0 Å². The number of amides is 1. The predicted octanol–water partition coefficient (Wildman–Crippen LogP) is 1.90. The van der Waals surface area contributed by atoms with E-state index in [1.807, 2.05) is 46.7 Å². The van der Waals surface area contributed by atoms with Gasteiger partial charge >= 0.3 is 0 Å². The Hall–Kier alpha value is -2.74. The molecule has 1 amide bonds. The van der Waals surface area contributed by atoms with Crippen molar-refractivity contribution in [1.29, 1.82) is 0 Å². The van der Waals surface area contributed by atoms with E-state index in [0.717, 1.165) is 43.5 Å². The zero-order chi connectivity index (χ0) is 19.4. The first-order chi connectivity index (χ1) is 13.0. The fraction of sp³-hybridized carbons (Fsp3) is 0.474. The van der Waals surface area contributed by atoms with Crippen LogP contribution in [-0.4, -0.2) is 43.2 Å². The third kappa shape index (κ3) is 4.33. The van der Waals surface area contributed by atoms with Crippen LogP contribution in [0.3, 0.4) is 0 Å². The molecule has 0 radical (unpaired) electrons. The maximum absolute atomic E-state index is 12.8. The summed E-state index contributed by atoms with van der Waals surface area (Å²) in [4.78, 5) is 23.7. The number of hydrogen-bond donors (Lipinski definition) is 2. The van der Waals surface area contributed by atoms with E-state index in [2.05, 4.69) is 15.5 Å². The highest BCUT2D eigenvalue weighted by Crippen LogP contribution is 2.29. The molecule has 2 aromatic rings. The molecule has 2 aliphatic rings. The zero-order valence-electron chi connectivity index (χ0n) is 15.6. The maximum Gasteiger partial charge on any atom is 0.300 e. The maximum atomic E-state index is 12.8. The van der Waals surface area contributed by atoms with Crippen molar-refractivity contribution in [2.45, 2.75) is 51.9 Å². The molecule has 4 rings (SSSR count). The van der Waals surface area contributed by atoms with Crippen LogP contribution >= 0.6 is 0 Å². The minimum atomic E-state index is -0.833. The minimum absolute atomic E-state index is 0.139. The van der Waals surface area contributed by atoms with Crippen molar-refractivity contribution in [1.82, 2.24) is 25.0 Å². The lowest BCUT2D eigenvalue weighted by molar-refractivity contribution is -0.138. The molecule has 0 spiro atoms. The van der Waals surface area contributed by atoms with Crippen LogP contribution in [0.25, 0.3) is 0 Å². The molecule has 0 bridgehead atoms. The summed E-state index contributed by atoms with van der Waals surface area (Å²) in [6.45, 7) is 5.19. The molecule has 144 valence electrons. The molecule has 0 unspecified atom stereocenters. The third-order valence-corrected chi connectivity index (χ3v) is 4.77. The van der Waals surface area contributed by atoms with E-state index in [-0.39, 0.29) is 18.0 Å². The Morgan fingerprint density at radius 2 is 2.00 bits per heavy atom.